The zero-order chi connectivity index (χ0) is 21.0. The molecule has 2 heterocycles. The zero-order valence-corrected chi connectivity index (χ0v) is 17.4. The van der Waals surface area contributed by atoms with E-state index in [2.05, 4.69) is 10.2 Å². The molecule has 0 aliphatic carbocycles. The molecule has 1 aromatic heterocycles. The molecule has 0 atom stereocenters. The van der Waals surface area contributed by atoms with E-state index in [1.807, 2.05) is 30.3 Å². The number of para-hydroxylation sites is 1. The van der Waals surface area contributed by atoms with Gasteiger partial charge >= 0.3 is 0 Å². The number of nitrogens with zero attached hydrogens (tertiary/aromatic N) is 3. The number of aromatic nitrogens is 1. The van der Waals surface area contributed by atoms with Crippen molar-refractivity contribution in [1.82, 2.24) is 13.8 Å². The lowest BCUT2D eigenvalue weighted by atomic mass is 9.96. The van der Waals surface area contributed by atoms with Crippen LogP contribution in [0.3, 0.4) is 0 Å². The first kappa shape index (κ1) is 21.2. The highest BCUT2D eigenvalue weighted by Gasteiger charge is 2.25. The van der Waals surface area contributed by atoms with Gasteiger partial charge in [-0.3, -0.25) is 14.5 Å². The highest BCUT2D eigenvalue weighted by Crippen LogP contribution is 2.20. The number of sulfonamides is 1. The predicted molar refractivity (Wildman–Crippen MR) is 111 cm³/mol. The second-order valence-electron chi connectivity index (χ2n) is 7.35. The summed E-state index contributed by atoms with van der Waals surface area (Å²) in [5.74, 6) is -0.0734. The number of benzene rings is 1. The molecule has 8 nitrogen and oxygen atoms in total. The van der Waals surface area contributed by atoms with Gasteiger partial charge in [-0.15, -0.1) is 0 Å². The lowest BCUT2D eigenvalue weighted by Crippen LogP contribution is -2.40. The average Bonchev–Trinajstić information content (AvgIpc) is 2.70. The number of carbonyl (C=O) groups excluding carboxylic acids is 1. The van der Waals surface area contributed by atoms with Gasteiger partial charge < -0.3 is 9.88 Å². The van der Waals surface area contributed by atoms with E-state index < -0.39 is 10.0 Å². The summed E-state index contributed by atoms with van der Waals surface area (Å²) in [6.07, 6.45) is 2.75. The van der Waals surface area contributed by atoms with E-state index in [1.165, 1.54) is 37.0 Å². The van der Waals surface area contributed by atoms with Crippen LogP contribution in [-0.4, -0.2) is 55.3 Å². The highest BCUT2D eigenvalue weighted by molar-refractivity contribution is 7.89. The molecule has 1 N–H and O–H groups in total. The van der Waals surface area contributed by atoms with Crippen molar-refractivity contribution in [3.05, 3.63) is 59.0 Å². The Kier molecular flexibility index (Phi) is 6.51. The molecule has 1 aliphatic rings. The van der Waals surface area contributed by atoms with Crippen LogP contribution in [0.5, 0.6) is 0 Å². The monoisotopic (exact) mass is 418 g/mol. The maximum absolute atomic E-state index is 12.4. The molecule has 9 heteroatoms. The first-order chi connectivity index (χ1) is 13.8. The average molecular weight is 419 g/mol. The molecule has 2 aromatic rings. The molecule has 1 aromatic carbocycles. The molecular formula is C20H26N4O4S. The number of nitrogens with one attached hydrogen (secondary N) is 1. The number of amides is 1. The van der Waals surface area contributed by atoms with Gasteiger partial charge in [0.25, 0.3) is 5.56 Å². The molecule has 1 amide bonds. The van der Waals surface area contributed by atoms with E-state index >= 15 is 0 Å². The van der Waals surface area contributed by atoms with E-state index in [0.29, 0.717) is 32.6 Å². The number of carbonyl (C=O) groups is 1. The summed E-state index contributed by atoms with van der Waals surface area (Å²) in [6, 6.07) is 12.0. The molecule has 156 valence electrons. The predicted octanol–water partition coefficient (Wildman–Crippen LogP) is 1.41. The number of hydrogen-bond donors (Lipinski definition) is 1. The molecule has 1 saturated heterocycles. The fourth-order valence-corrected chi connectivity index (χ4v) is 4.22. The third-order valence-electron chi connectivity index (χ3n) is 5.09. The highest BCUT2D eigenvalue weighted by atomic mass is 32.2. The van der Waals surface area contributed by atoms with Crippen LogP contribution in [0, 0.1) is 5.92 Å². The smallest absolute Gasteiger partial charge is 0.251 e. The van der Waals surface area contributed by atoms with Crippen molar-refractivity contribution < 1.29 is 13.2 Å². The minimum absolute atomic E-state index is 0.00657. The summed E-state index contributed by atoms with van der Waals surface area (Å²) in [5, 5.41) is 2.94. The van der Waals surface area contributed by atoms with Crippen molar-refractivity contribution in [1.29, 1.82) is 0 Å². The van der Waals surface area contributed by atoms with Gasteiger partial charge in [0.1, 0.15) is 0 Å². The van der Waals surface area contributed by atoms with Crippen LogP contribution < -0.4 is 10.9 Å². The van der Waals surface area contributed by atoms with Crippen LogP contribution in [0.4, 0.5) is 5.69 Å². The van der Waals surface area contributed by atoms with Gasteiger partial charge in [-0.25, -0.2) is 12.7 Å². The van der Waals surface area contributed by atoms with Crippen LogP contribution in [-0.2, 0) is 21.5 Å². The minimum atomic E-state index is -3.60. The third-order valence-corrected chi connectivity index (χ3v) is 6.89. The second-order valence-corrected chi connectivity index (χ2v) is 9.50. The quantitative estimate of drug-likeness (QED) is 0.766. The van der Waals surface area contributed by atoms with Crippen molar-refractivity contribution in [2.75, 3.05) is 32.5 Å². The van der Waals surface area contributed by atoms with E-state index in [9.17, 15) is 18.0 Å². The number of hydrogen-bond acceptors (Lipinski definition) is 5. The molecule has 0 spiro atoms. The fourth-order valence-electron chi connectivity index (χ4n) is 3.30. The molecule has 3 rings (SSSR count). The van der Waals surface area contributed by atoms with Crippen LogP contribution in [0.2, 0.25) is 0 Å². The van der Waals surface area contributed by atoms with Gasteiger partial charge in [0.2, 0.25) is 15.9 Å². The first-order valence-electron chi connectivity index (χ1n) is 9.48. The topological polar surface area (TPSA) is 91.7 Å². The fraction of sp³-hybridized carbons (Fsp3) is 0.400. The molecule has 0 saturated carbocycles. The van der Waals surface area contributed by atoms with E-state index in [1.54, 1.807) is 0 Å². The summed E-state index contributed by atoms with van der Waals surface area (Å²) >= 11 is 0. The van der Waals surface area contributed by atoms with E-state index in [4.69, 9.17) is 0 Å². The van der Waals surface area contributed by atoms with Gasteiger partial charge in [0.15, 0.2) is 0 Å². The number of pyridine rings is 1. The van der Waals surface area contributed by atoms with Gasteiger partial charge in [-0.2, -0.15) is 0 Å². The molecule has 29 heavy (non-hydrogen) atoms. The molecular weight excluding hydrogens is 392 g/mol. The Balaban J connectivity index is 1.61. The Morgan fingerprint density at radius 2 is 1.76 bits per heavy atom. The van der Waals surface area contributed by atoms with Crippen LogP contribution >= 0.6 is 0 Å². The molecule has 1 fully saturated rings. The molecule has 1 aliphatic heterocycles. The minimum Gasteiger partial charge on any atom is -0.326 e. The molecule has 0 unspecified atom stereocenters. The van der Waals surface area contributed by atoms with Gasteiger partial charge in [0.05, 0.1) is 11.6 Å². The van der Waals surface area contributed by atoms with E-state index in [0.717, 1.165) is 9.99 Å². The normalized spacial score (nSPS) is 16.1. The Bertz CT molecular complexity index is 1010. The van der Waals surface area contributed by atoms with Gasteiger partial charge in [-0.05, 0) is 31.0 Å². The number of piperidine rings is 1. The van der Waals surface area contributed by atoms with Crippen molar-refractivity contribution in [3.8, 4) is 0 Å². The van der Waals surface area contributed by atoms with Crippen LogP contribution in [0.1, 0.15) is 12.8 Å². The number of anilines is 1. The Labute approximate surface area is 170 Å². The number of rotatable bonds is 6. The maximum atomic E-state index is 12.4. The second kappa shape index (κ2) is 8.89. The summed E-state index contributed by atoms with van der Waals surface area (Å²) in [7, 11) is -0.696. The lowest BCUT2D eigenvalue weighted by Gasteiger charge is -2.31. The van der Waals surface area contributed by atoms with Crippen LogP contribution in [0.15, 0.2) is 58.4 Å². The maximum Gasteiger partial charge on any atom is 0.251 e. The van der Waals surface area contributed by atoms with Crippen LogP contribution in [0.25, 0.3) is 0 Å². The van der Waals surface area contributed by atoms with Gasteiger partial charge in [-0.1, -0.05) is 18.2 Å². The van der Waals surface area contributed by atoms with E-state index in [-0.39, 0.29) is 22.3 Å². The van der Waals surface area contributed by atoms with Crippen molar-refractivity contribution in [2.45, 2.75) is 24.4 Å². The largest absolute Gasteiger partial charge is 0.326 e. The number of likely N-dealkylation sites (tertiary alicyclic amines) is 1. The summed E-state index contributed by atoms with van der Waals surface area (Å²) < 4.78 is 27.1. The standard InChI is InChI=1S/C20H26N4O4S/c1-22(2)29(27,28)18-8-9-19(25)24(14-18)15-23-12-10-16(11-13-23)20(26)21-17-6-4-3-5-7-17/h3-9,14,16H,10-13,15H2,1-2H3,(H,21,26). The Morgan fingerprint density at radius 1 is 1.10 bits per heavy atom. The first-order valence-corrected chi connectivity index (χ1v) is 10.9. The summed E-state index contributed by atoms with van der Waals surface area (Å²) in [4.78, 5) is 26.8. The summed E-state index contributed by atoms with van der Waals surface area (Å²) in [6.45, 7) is 1.61. The molecule has 0 radical (unpaired) electrons. The van der Waals surface area contributed by atoms with Gasteiger partial charge in [0, 0.05) is 51.1 Å². The lowest BCUT2D eigenvalue weighted by molar-refractivity contribution is -0.121. The summed E-state index contributed by atoms with van der Waals surface area (Å²) in [5.41, 5.74) is 0.525. The molecule has 0 bridgehead atoms. The zero-order valence-electron chi connectivity index (χ0n) is 16.6. The van der Waals surface area contributed by atoms with Crippen molar-refractivity contribution in [3.63, 3.8) is 0 Å². The Morgan fingerprint density at radius 3 is 2.38 bits per heavy atom. The van der Waals surface area contributed by atoms with Crippen molar-refractivity contribution >= 4 is 21.6 Å². The third kappa shape index (κ3) is 5.11. The SMILES string of the molecule is CN(C)S(=O)(=O)c1ccc(=O)n(CN2CCC(C(=O)Nc3ccccc3)CC2)c1. The Hall–Kier alpha value is -2.49. The van der Waals surface area contributed by atoms with Crippen molar-refractivity contribution in [2.24, 2.45) is 5.92 Å².